The molecule has 2 aliphatic rings. The van der Waals surface area contributed by atoms with Gasteiger partial charge >= 0.3 is 0 Å². The Balaban J connectivity index is 1.64. The van der Waals surface area contributed by atoms with Crippen LogP contribution < -0.4 is 5.32 Å². The molecule has 3 nitrogen and oxygen atoms in total. The van der Waals surface area contributed by atoms with Crippen molar-refractivity contribution in [2.24, 2.45) is 10.9 Å². The van der Waals surface area contributed by atoms with Crippen molar-refractivity contribution in [1.82, 2.24) is 10.2 Å². The number of rotatable bonds is 5. The van der Waals surface area contributed by atoms with E-state index in [1.54, 1.807) is 0 Å². The number of piperidine rings is 1. The largest absolute Gasteiger partial charge is 0.361 e. The maximum Gasteiger partial charge on any atom is 0.156 e. The second-order valence-corrected chi connectivity index (χ2v) is 6.88. The van der Waals surface area contributed by atoms with Gasteiger partial charge in [0.2, 0.25) is 0 Å². The van der Waals surface area contributed by atoms with Crippen LogP contribution in [0, 0.1) is 5.92 Å². The molecular weight excluding hydrogens is 242 g/mol. The SMILES string of the molecule is CC(C)CC1CSC(=NCCN2CCCCC2)N1. The fourth-order valence-corrected chi connectivity index (χ4v) is 3.71. The molecule has 0 spiro atoms. The van der Waals surface area contributed by atoms with Gasteiger partial charge in [-0.3, -0.25) is 4.99 Å². The van der Waals surface area contributed by atoms with Crippen LogP contribution in [0.25, 0.3) is 0 Å². The molecule has 0 aromatic rings. The van der Waals surface area contributed by atoms with Gasteiger partial charge in [-0.15, -0.1) is 0 Å². The van der Waals surface area contributed by atoms with Gasteiger partial charge in [0, 0.05) is 18.3 Å². The van der Waals surface area contributed by atoms with Crippen molar-refractivity contribution in [3.8, 4) is 0 Å². The van der Waals surface area contributed by atoms with Gasteiger partial charge in [-0.25, -0.2) is 0 Å². The lowest BCUT2D eigenvalue weighted by Gasteiger charge is -2.25. The Bertz CT molecular complexity index is 272. The van der Waals surface area contributed by atoms with Gasteiger partial charge in [0.25, 0.3) is 0 Å². The van der Waals surface area contributed by atoms with Crippen molar-refractivity contribution in [3.63, 3.8) is 0 Å². The highest BCUT2D eigenvalue weighted by Gasteiger charge is 2.20. The first-order chi connectivity index (χ1) is 8.74. The van der Waals surface area contributed by atoms with E-state index in [-0.39, 0.29) is 0 Å². The third-order valence-electron chi connectivity index (χ3n) is 3.63. The molecule has 1 atom stereocenters. The van der Waals surface area contributed by atoms with E-state index in [0.29, 0.717) is 6.04 Å². The van der Waals surface area contributed by atoms with Crippen LogP contribution in [0.1, 0.15) is 39.5 Å². The quantitative estimate of drug-likeness (QED) is 0.831. The highest BCUT2D eigenvalue weighted by atomic mass is 32.2. The number of thioether (sulfide) groups is 1. The summed E-state index contributed by atoms with van der Waals surface area (Å²) in [5, 5.41) is 4.73. The van der Waals surface area contributed by atoms with E-state index < -0.39 is 0 Å². The Morgan fingerprint density at radius 1 is 1.33 bits per heavy atom. The van der Waals surface area contributed by atoms with Crippen LogP contribution in [0.4, 0.5) is 0 Å². The maximum absolute atomic E-state index is 4.70. The molecule has 0 amide bonds. The van der Waals surface area contributed by atoms with Gasteiger partial charge < -0.3 is 10.2 Å². The van der Waals surface area contributed by atoms with Crippen molar-refractivity contribution >= 4 is 16.9 Å². The minimum absolute atomic E-state index is 0.642. The Hall–Kier alpha value is -0.220. The number of likely N-dealkylation sites (tertiary alicyclic amines) is 1. The number of hydrogen-bond donors (Lipinski definition) is 1. The smallest absolute Gasteiger partial charge is 0.156 e. The van der Waals surface area contributed by atoms with Gasteiger partial charge in [-0.1, -0.05) is 32.0 Å². The Morgan fingerprint density at radius 2 is 2.11 bits per heavy atom. The van der Waals surface area contributed by atoms with Gasteiger partial charge in [0.05, 0.1) is 6.54 Å². The van der Waals surface area contributed by atoms with Gasteiger partial charge in [0.15, 0.2) is 5.17 Å². The van der Waals surface area contributed by atoms with Crippen molar-refractivity contribution in [3.05, 3.63) is 0 Å². The zero-order chi connectivity index (χ0) is 12.8. The van der Waals surface area contributed by atoms with E-state index in [1.807, 2.05) is 11.8 Å². The van der Waals surface area contributed by atoms with Crippen LogP contribution in [0.5, 0.6) is 0 Å². The number of nitrogens with one attached hydrogen (secondary N) is 1. The summed E-state index contributed by atoms with van der Waals surface area (Å²) in [6, 6.07) is 0.642. The lowest BCUT2D eigenvalue weighted by atomic mass is 10.1. The summed E-state index contributed by atoms with van der Waals surface area (Å²) < 4.78 is 0. The predicted octanol–water partition coefficient (Wildman–Crippen LogP) is 2.58. The van der Waals surface area contributed by atoms with E-state index in [9.17, 15) is 0 Å². The summed E-state index contributed by atoms with van der Waals surface area (Å²) >= 11 is 1.90. The second kappa shape index (κ2) is 7.39. The van der Waals surface area contributed by atoms with Gasteiger partial charge in [-0.2, -0.15) is 0 Å². The molecule has 2 rings (SSSR count). The molecule has 0 aromatic carbocycles. The Morgan fingerprint density at radius 3 is 2.83 bits per heavy atom. The zero-order valence-electron chi connectivity index (χ0n) is 11.8. The molecule has 0 aliphatic carbocycles. The molecule has 0 radical (unpaired) electrons. The molecule has 1 N–H and O–H groups in total. The molecule has 2 saturated heterocycles. The molecule has 104 valence electrons. The molecule has 0 saturated carbocycles. The summed E-state index contributed by atoms with van der Waals surface area (Å²) in [5.41, 5.74) is 0. The molecule has 2 heterocycles. The number of amidine groups is 1. The average molecular weight is 269 g/mol. The van der Waals surface area contributed by atoms with Crippen LogP contribution in [-0.4, -0.2) is 48.0 Å². The van der Waals surface area contributed by atoms with E-state index >= 15 is 0 Å². The summed E-state index contributed by atoms with van der Waals surface area (Å²) in [4.78, 5) is 7.26. The summed E-state index contributed by atoms with van der Waals surface area (Å²) in [6.45, 7) is 9.24. The molecule has 1 unspecified atom stereocenters. The van der Waals surface area contributed by atoms with E-state index in [2.05, 4.69) is 24.1 Å². The van der Waals surface area contributed by atoms with E-state index in [4.69, 9.17) is 4.99 Å². The van der Waals surface area contributed by atoms with Crippen LogP contribution in [0.15, 0.2) is 4.99 Å². The number of hydrogen-bond acceptors (Lipinski definition) is 3. The molecule has 2 aliphatic heterocycles. The highest BCUT2D eigenvalue weighted by molar-refractivity contribution is 8.14. The number of aliphatic imine (C=N–C) groups is 1. The predicted molar refractivity (Wildman–Crippen MR) is 81.4 cm³/mol. The van der Waals surface area contributed by atoms with E-state index in [0.717, 1.165) is 19.0 Å². The molecule has 0 aromatic heterocycles. The monoisotopic (exact) mass is 269 g/mol. The topological polar surface area (TPSA) is 27.6 Å². The first kappa shape index (κ1) is 14.2. The van der Waals surface area contributed by atoms with E-state index in [1.165, 1.54) is 49.7 Å². The summed E-state index contributed by atoms with van der Waals surface area (Å²) in [7, 11) is 0. The Kier molecular flexibility index (Phi) is 5.83. The zero-order valence-corrected chi connectivity index (χ0v) is 12.6. The third kappa shape index (κ3) is 4.81. The third-order valence-corrected chi connectivity index (χ3v) is 4.71. The van der Waals surface area contributed by atoms with Gasteiger partial charge in [-0.05, 0) is 38.3 Å². The summed E-state index contributed by atoms with van der Waals surface area (Å²) in [6.07, 6.45) is 5.43. The first-order valence-corrected chi connectivity index (χ1v) is 8.39. The highest BCUT2D eigenvalue weighted by Crippen LogP contribution is 2.19. The fourth-order valence-electron chi connectivity index (χ4n) is 2.70. The molecule has 2 fully saturated rings. The molecule has 18 heavy (non-hydrogen) atoms. The molecule has 4 heteroatoms. The first-order valence-electron chi connectivity index (χ1n) is 7.40. The molecule has 0 bridgehead atoms. The van der Waals surface area contributed by atoms with Crippen molar-refractivity contribution in [2.75, 3.05) is 31.9 Å². The van der Waals surface area contributed by atoms with Crippen LogP contribution in [0.2, 0.25) is 0 Å². The minimum Gasteiger partial charge on any atom is -0.361 e. The molecular formula is C14H27N3S. The lowest BCUT2D eigenvalue weighted by molar-refractivity contribution is 0.235. The van der Waals surface area contributed by atoms with Crippen LogP contribution in [-0.2, 0) is 0 Å². The van der Waals surface area contributed by atoms with Crippen molar-refractivity contribution in [2.45, 2.75) is 45.6 Å². The average Bonchev–Trinajstić information content (AvgIpc) is 2.77. The second-order valence-electron chi connectivity index (χ2n) is 5.87. The standard InChI is InChI=1S/C14H27N3S/c1-12(2)10-13-11-18-14(16-13)15-6-9-17-7-4-3-5-8-17/h12-13H,3-11H2,1-2H3,(H,15,16). The summed E-state index contributed by atoms with van der Waals surface area (Å²) in [5.74, 6) is 1.97. The Labute approximate surface area is 116 Å². The number of nitrogens with zero attached hydrogens (tertiary/aromatic N) is 2. The van der Waals surface area contributed by atoms with Crippen LogP contribution in [0.3, 0.4) is 0 Å². The minimum atomic E-state index is 0.642. The lowest BCUT2D eigenvalue weighted by Crippen LogP contribution is -2.32. The van der Waals surface area contributed by atoms with Crippen molar-refractivity contribution < 1.29 is 0 Å². The maximum atomic E-state index is 4.70. The fraction of sp³-hybridized carbons (Fsp3) is 0.929. The van der Waals surface area contributed by atoms with Gasteiger partial charge in [0.1, 0.15) is 0 Å². The normalized spacial score (nSPS) is 27.9. The van der Waals surface area contributed by atoms with Crippen molar-refractivity contribution in [1.29, 1.82) is 0 Å². The van der Waals surface area contributed by atoms with Crippen LogP contribution >= 0.6 is 11.8 Å².